The number of rotatable bonds is 4. The van der Waals surface area contributed by atoms with Crippen molar-refractivity contribution in [3.8, 4) is 0 Å². The van der Waals surface area contributed by atoms with Crippen molar-refractivity contribution in [1.29, 1.82) is 0 Å². The quantitative estimate of drug-likeness (QED) is 0.469. The van der Waals surface area contributed by atoms with Crippen LogP contribution in [0.5, 0.6) is 0 Å². The number of hydrogen-bond donors (Lipinski definition) is 0. The van der Waals surface area contributed by atoms with E-state index in [1.807, 2.05) is 0 Å². The van der Waals surface area contributed by atoms with Crippen LogP contribution in [0.25, 0.3) is 0 Å². The molecule has 0 aliphatic heterocycles. The molecular formula is C8H12O4. The molecule has 0 saturated carbocycles. The molecule has 68 valence electrons. The first-order valence-corrected chi connectivity index (χ1v) is 3.52. The molecular weight excluding hydrogens is 160 g/mol. The standard InChI is InChI=1S/C8H12O4/c1-6(2)12-8(10)4-5-11-7(3)9/h1,4-5H2,2-3H3. The Morgan fingerprint density at radius 3 is 2.33 bits per heavy atom. The fourth-order valence-corrected chi connectivity index (χ4v) is 0.523. The van der Waals surface area contributed by atoms with Crippen LogP contribution in [0.1, 0.15) is 20.3 Å². The van der Waals surface area contributed by atoms with Crippen molar-refractivity contribution >= 4 is 11.9 Å². The van der Waals surface area contributed by atoms with Gasteiger partial charge in [0.05, 0.1) is 12.2 Å². The summed E-state index contributed by atoms with van der Waals surface area (Å²) < 4.78 is 9.13. The lowest BCUT2D eigenvalue weighted by molar-refractivity contribution is -0.145. The molecule has 0 aromatic carbocycles. The van der Waals surface area contributed by atoms with Crippen molar-refractivity contribution < 1.29 is 19.1 Å². The smallest absolute Gasteiger partial charge is 0.314 e. The second-order valence-corrected chi connectivity index (χ2v) is 2.27. The summed E-state index contributed by atoms with van der Waals surface area (Å²) in [5, 5.41) is 0. The Kier molecular flexibility index (Phi) is 4.76. The minimum Gasteiger partial charge on any atom is -0.465 e. The molecule has 0 aromatic rings. The lowest BCUT2D eigenvalue weighted by Gasteiger charge is -2.02. The summed E-state index contributed by atoms with van der Waals surface area (Å²) in [6, 6.07) is 0. The molecule has 0 saturated heterocycles. The molecule has 0 heterocycles. The van der Waals surface area contributed by atoms with Gasteiger partial charge in [0.2, 0.25) is 0 Å². The summed E-state index contributed by atoms with van der Waals surface area (Å²) in [6.45, 7) is 6.30. The SMILES string of the molecule is C=C(C)OC(=O)CCOC(C)=O. The van der Waals surface area contributed by atoms with E-state index in [1.54, 1.807) is 6.92 Å². The van der Waals surface area contributed by atoms with E-state index in [2.05, 4.69) is 16.1 Å². The van der Waals surface area contributed by atoms with Crippen LogP contribution in [0, 0.1) is 0 Å². The molecule has 0 aliphatic rings. The molecule has 0 atom stereocenters. The number of carbonyl (C=O) groups excluding carboxylic acids is 2. The normalized spacial score (nSPS) is 8.83. The molecule has 0 amide bonds. The summed E-state index contributed by atoms with van der Waals surface area (Å²) in [5.74, 6) is -0.510. The Morgan fingerprint density at radius 2 is 1.92 bits per heavy atom. The van der Waals surface area contributed by atoms with Gasteiger partial charge in [0.1, 0.15) is 6.61 Å². The highest BCUT2D eigenvalue weighted by Gasteiger charge is 2.03. The average Bonchev–Trinajstić information content (AvgIpc) is 1.84. The third-order valence-electron chi connectivity index (χ3n) is 0.900. The molecule has 4 heteroatoms. The number of hydrogen-bond acceptors (Lipinski definition) is 4. The van der Waals surface area contributed by atoms with Crippen molar-refractivity contribution in [2.45, 2.75) is 20.3 Å². The van der Waals surface area contributed by atoms with Gasteiger partial charge in [0.15, 0.2) is 0 Å². The zero-order valence-electron chi connectivity index (χ0n) is 7.25. The first kappa shape index (κ1) is 10.7. The van der Waals surface area contributed by atoms with Gasteiger partial charge in [0.25, 0.3) is 0 Å². The Balaban J connectivity index is 3.44. The molecule has 0 fully saturated rings. The van der Waals surface area contributed by atoms with Crippen LogP contribution in [0.3, 0.4) is 0 Å². The summed E-state index contributed by atoms with van der Waals surface area (Å²) in [6.07, 6.45) is 0.0619. The summed E-state index contributed by atoms with van der Waals surface area (Å²) >= 11 is 0. The van der Waals surface area contributed by atoms with Crippen LogP contribution in [-0.4, -0.2) is 18.5 Å². The lowest BCUT2D eigenvalue weighted by atomic mass is 10.4. The Labute approximate surface area is 71.2 Å². The third kappa shape index (κ3) is 6.80. The van der Waals surface area contributed by atoms with Crippen molar-refractivity contribution in [3.05, 3.63) is 12.3 Å². The first-order valence-electron chi connectivity index (χ1n) is 3.52. The molecule has 0 radical (unpaired) electrons. The second kappa shape index (κ2) is 5.35. The van der Waals surface area contributed by atoms with E-state index in [0.29, 0.717) is 5.76 Å². The highest BCUT2D eigenvalue weighted by Crippen LogP contribution is 1.95. The van der Waals surface area contributed by atoms with E-state index >= 15 is 0 Å². The fraction of sp³-hybridized carbons (Fsp3) is 0.500. The average molecular weight is 172 g/mol. The van der Waals surface area contributed by atoms with Gasteiger partial charge in [-0.05, 0) is 6.92 Å². The van der Waals surface area contributed by atoms with Gasteiger partial charge in [-0.1, -0.05) is 6.58 Å². The van der Waals surface area contributed by atoms with Gasteiger partial charge < -0.3 is 9.47 Å². The zero-order valence-corrected chi connectivity index (χ0v) is 7.25. The van der Waals surface area contributed by atoms with Crippen molar-refractivity contribution in [2.24, 2.45) is 0 Å². The van der Waals surface area contributed by atoms with Gasteiger partial charge in [-0.2, -0.15) is 0 Å². The van der Waals surface area contributed by atoms with E-state index in [4.69, 9.17) is 0 Å². The van der Waals surface area contributed by atoms with Crippen LogP contribution < -0.4 is 0 Å². The molecule has 4 nitrogen and oxygen atoms in total. The Hall–Kier alpha value is -1.32. The summed E-state index contributed by atoms with van der Waals surface area (Å²) in [7, 11) is 0. The molecule has 12 heavy (non-hydrogen) atoms. The predicted octanol–water partition coefficient (Wildman–Crippen LogP) is 1.02. The maximum atomic E-state index is 10.8. The van der Waals surface area contributed by atoms with Gasteiger partial charge >= 0.3 is 11.9 Å². The molecule has 0 aliphatic carbocycles. The molecule has 0 rings (SSSR count). The zero-order chi connectivity index (χ0) is 9.56. The fourth-order valence-electron chi connectivity index (χ4n) is 0.523. The number of carbonyl (C=O) groups is 2. The third-order valence-corrected chi connectivity index (χ3v) is 0.900. The predicted molar refractivity (Wildman–Crippen MR) is 42.2 cm³/mol. The lowest BCUT2D eigenvalue weighted by Crippen LogP contribution is -2.09. The van der Waals surface area contributed by atoms with E-state index in [-0.39, 0.29) is 13.0 Å². The maximum absolute atomic E-state index is 10.8. The monoisotopic (exact) mass is 172 g/mol. The van der Waals surface area contributed by atoms with Crippen molar-refractivity contribution in [1.82, 2.24) is 0 Å². The minimum atomic E-state index is -0.441. The molecule has 0 bridgehead atoms. The van der Waals surface area contributed by atoms with Crippen LogP contribution in [-0.2, 0) is 19.1 Å². The topological polar surface area (TPSA) is 52.6 Å². The Bertz CT molecular complexity index is 195. The number of allylic oxidation sites excluding steroid dienone is 1. The molecule has 0 aromatic heterocycles. The van der Waals surface area contributed by atoms with E-state index in [1.165, 1.54) is 6.92 Å². The highest BCUT2D eigenvalue weighted by molar-refractivity contribution is 5.71. The van der Waals surface area contributed by atoms with E-state index in [9.17, 15) is 9.59 Å². The van der Waals surface area contributed by atoms with Gasteiger partial charge in [-0.3, -0.25) is 9.59 Å². The van der Waals surface area contributed by atoms with Crippen LogP contribution >= 0.6 is 0 Å². The summed E-state index contributed by atoms with van der Waals surface area (Å²) in [5.41, 5.74) is 0. The van der Waals surface area contributed by atoms with Crippen LogP contribution in [0.15, 0.2) is 12.3 Å². The maximum Gasteiger partial charge on any atom is 0.314 e. The highest BCUT2D eigenvalue weighted by atomic mass is 16.5. The van der Waals surface area contributed by atoms with Gasteiger partial charge in [-0.25, -0.2) is 0 Å². The van der Waals surface area contributed by atoms with Crippen molar-refractivity contribution in [2.75, 3.05) is 6.61 Å². The number of esters is 2. The number of ether oxygens (including phenoxy) is 2. The van der Waals surface area contributed by atoms with E-state index < -0.39 is 11.9 Å². The molecule has 0 unspecified atom stereocenters. The van der Waals surface area contributed by atoms with E-state index in [0.717, 1.165) is 0 Å². The molecule has 0 N–H and O–H groups in total. The van der Waals surface area contributed by atoms with Gasteiger partial charge in [0, 0.05) is 6.92 Å². The van der Waals surface area contributed by atoms with Crippen LogP contribution in [0.4, 0.5) is 0 Å². The first-order chi connectivity index (χ1) is 5.52. The minimum absolute atomic E-state index is 0.0570. The van der Waals surface area contributed by atoms with Gasteiger partial charge in [-0.15, -0.1) is 0 Å². The summed E-state index contributed by atoms with van der Waals surface area (Å²) in [4.78, 5) is 21.0. The second-order valence-electron chi connectivity index (χ2n) is 2.27. The Morgan fingerprint density at radius 1 is 1.33 bits per heavy atom. The largest absolute Gasteiger partial charge is 0.465 e. The molecule has 0 spiro atoms. The van der Waals surface area contributed by atoms with Crippen molar-refractivity contribution in [3.63, 3.8) is 0 Å². The van der Waals surface area contributed by atoms with Crippen LogP contribution in [0.2, 0.25) is 0 Å².